The highest BCUT2D eigenvalue weighted by Crippen LogP contribution is 2.19. The SMILES string of the molecule is CCOC(=O)C(CN1CCCC(CC)C1)NC. The first kappa shape index (κ1) is 14.5. The molecule has 0 saturated carbocycles. The molecule has 17 heavy (non-hydrogen) atoms. The monoisotopic (exact) mass is 242 g/mol. The van der Waals surface area contributed by atoms with Gasteiger partial charge in [0.1, 0.15) is 6.04 Å². The topological polar surface area (TPSA) is 41.6 Å². The van der Waals surface area contributed by atoms with Crippen LogP contribution in [-0.2, 0) is 9.53 Å². The van der Waals surface area contributed by atoms with E-state index in [2.05, 4.69) is 17.1 Å². The number of nitrogens with one attached hydrogen (secondary N) is 1. The van der Waals surface area contributed by atoms with Crippen LogP contribution < -0.4 is 5.32 Å². The minimum absolute atomic E-state index is 0.131. The van der Waals surface area contributed by atoms with Crippen molar-refractivity contribution in [3.63, 3.8) is 0 Å². The quantitative estimate of drug-likeness (QED) is 0.712. The van der Waals surface area contributed by atoms with Crippen molar-refractivity contribution in [2.24, 2.45) is 5.92 Å². The highest BCUT2D eigenvalue weighted by molar-refractivity contribution is 5.76. The van der Waals surface area contributed by atoms with Crippen molar-refractivity contribution in [1.29, 1.82) is 0 Å². The summed E-state index contributed by atoms with van der Waals surface area (Å²) in [4.78, 5) is 14.1. The molecule has 1 rings (SSSR count). The molecule has 1 saturated heterocycles. The van der Waals surface area contributed by atoms with E-state index in [9.17, 15) is 4.79 Å². The Hall–Kier alpha value is -0.610. The van der Waals surface area contributed by atoms with Gasteiger partial charge in [0, 0.05) is 13.1 Å². The van der Waals surface area contributed by atoms with Gasteiger partial charge in [-0.05, 0) is 39.3 Å². The van der Waals surface area contributed by atoms with Crippen molar-refractivity contribution in [1.82, 2.24) is 10.2 Å². The summed E-state index contributed by atoms with van der Waals surface area (Å²) in [5.74, 6) is 0.664. The van der Waals surface area contributed by atoms with Crippen molar-refractivity contribution in [3.8, 4) is 0 Å². The maximum Gasteiger partial charge on any atom is 0.324 e. The second kappa shape index (κ2) is 7.67. The number of rotatable bonds is 6. The molecule has 4 heteroatoms. The van der Waals surface area contributed by atoms with E-state index >= 15 is 0 Å². The number of piperidine rings is 1. The number of nitrogens with zero attached hydrogens (tertiary/aromatic N) is 1. The van der Waals surface area contributed by atoms with Gasteiger partial charge >= 0.3 is 5.97 Å². The molecule has 1 N–H and O–H groups in total. The second-order valence-corrected chi connectivity index (χ2v) is 4.77. The number of ether oxygens (including phenoxy) is 1. The summed E-state index contributed by atoms with van der Waals surface area (Å²) < 4.78 is 5.06. The van der Waals surface area contributed by atoms with Crippen molar-refractivity contribution < 1.29 is 9.53 Å². The third-order valence-corrected chi connectivity index (χ3v) is 3.54. The van der Waals surface area contributed by atoms with Crippen LogP contribution in [0.1, 0.15) is 33.1 Å². The van der Waals surface area contributed by atoms with E-state index in [-0.39, 0.29) is 12.0 Å². The van der Waals surface area contributed by atoms with Gasteiger partial charge in [0.15, 0.2) is 0 Å². The summed E-state index contributed by atoms with van der Waals surface area (Å²) in [6, 6.07) is -0.189. The van der Waals surface area contributed by atoms with Crippen LogP contribution in [0.5, 0.6) is 0 Å². The Morgan fingerprint density at radius 1 is 1.53 bits per heavy atom. The van der Waals surface area contributed by atoms with Gasteiger partial charge in [0.25, 0.3) is 0 Å². The van der Waals surface area contributed by atoms with Crippen LogP contribution in [0.3, 0.4) is 0 Å². The first-order valence-corrected chi connectivity index (χ1v) is 6.77. The number of esters is 1. The van der Waals surface area contributed by atoms with E-state index in [0.717, 1.165) is 25.6 Å². The fourth-order valence-electron chi connectivity index (χ4n) is 2.44. The molecule has 1 aliphatic heterocycles. The minimum Gasteiger partial charge on any atom is -0.465 e. The van der Waals surface area contributed by atoms with Crippen LogP contribution in [0.25, 0.3) is 0 Å². The number of likely N-dealkylation sites (tertiary alicyclic amines) is 1. The molecule has 0 radical (unpaired) electrons. The fraction of sp³-hybridized carbons (Fsp3) is 0.923. The van der Waals surface area contributed by atoms with Crippen molar-refractivity contribution in [2.45, 2.75) is 39.2 Å². The normalized spacial score (nSPS) is 23.4. The maximum absolute atomic E-state index is 11.7. The zero-order chi connectivity index (χ0) is 12.7. The van der Waals surface area contributed by atoms with Crippen molar-refractivity contribution in [2.75, 3.05) is 33.3 Å². The lowest BCUT2D eigenvalue weighted by Crippen LogP contribution is -2.48. The average molecular weight is 242 g/mol. The van der Waals surface area contributed by atoms with E-state index in [1.54, 1.807) is 0 Å². The molecular formula is C13H26N2O2. The Morgan fingerprint density at radius 2 is 2.29 bits per heavy atom. The van der Waals surface area contributed by atoms with Crippen molar-refractivity contribution in [3.05, 3.63) is 0 Å². The molecule has 2 unspecified atom stereocenters. The van der Waals surface area contributed by atoms with Gasteiger partial charge in [-0.1, -0.05) is 13.3 Å². The number of carbonyl (C=O) groups excluding carboxylic acids is 1. The summed E-state index contributed by atoms with van der Waals surface area (Å²) in [5.41, 5.74) is 0. The van der Waals surface area contributed by atoms with E-state index < -0.39 is 0 Å². The van der Waals surface area contributed by atoms with Crippen LogP contribution in [-0.4, -0.2) is 50.2 Å². The largest absolute Gasteiger partial charge is 0.465 e. The molecule has 0 aliphatic carbocycles. The van der Waals surface area contributed by atoms with Gasteiger partial charge < -0.3 is 15.0 Å². The molecule has 0 aromatic heterocycles. The second-order valence-electron chi connectivity index (χ2n) is 4.77. The van der Waals surface area contributed by atoms with Gasteiger partial charge in [-0.2, -0.15) is 0 Å². The Kier molecular flexibility index (Phi) is 6.52. The van der Waals surface area contributed by atoms with Gasteiger partial charge in [0.2, 0.25) is 0 Å². The van der Waals surface area contributed by atoms with Crippen LogP contribution in [0.15, 0.2) is 0 Å². The van der Waals surface area contributed by atoms with Gasteiger partial charge in [-0.25, -0.2) is 0 Å². The summed E-state index contributed by atoms with van der Waals surface area (Å²) in [7, 11) is 1.82. The fourth-order valence-corrected chi connectivity index (χ4v) is 2.44. The molecular weight excluding hydrogens is 216 g/mol. The van der Waals surface area contributed by atoms with Crippen LogP contribution in [0.2, 0.25) is 0 Å². The Bertz CT molecular complexity index is 233. The third-order valence-electron chi connectivity index (χ3n) is 3.54. The average Bonchev–Trinajstić information content (AvgIpc) is 2.36. The summed E-state index contributed by atoms with van der Waals surface area (Å²) in [5, 5.41) is 3.05. The van der Waals surface area contributed by atoms with Gasteiger partial charge in [-0.3, -0.25) is 4.79 Å². The van der Waals surface area contributed by atoms with Crippen LogP contribution in [0, 0.1) is 5.92 Å². The first-order chi connectivity index (χ1) is 8.21. The first-order valence-electron chi connectivity index (χ1n) is 6.77. The molecule has 2 atom stereocenters. The van der Waals surface area contributed by atoms with E-state index in [1.807, 2.05) is 14.0 Å². The van der Waals surface area contributed by atoms with Gasteiger partial charge in [0.05, 0.1) is 6.61 Å². The molecule has 1 heterocycles. The number of hydrogen-bond acceptors (Lipinski definition) is 4. The standard InChI is InChI=1S/C13H26N2O2/c1-4-11-7-6-8-15(9-11)10-12(14-3)13(16)17-5-2/h11-12,14H,4-10H2,1-3H3. The molecule has 0 aromatic carbocycles. The lowest BCUT2D eigenvalue weighted by Gasteiger charge is -2.34. The molecule has 0 bridgehead atoms. The smallest absolute Gasteiger partial charge is 0.324 e. The lowest BCUT2D eigenvalue weighted by atomic mass is 9.95. The minimum atomic E-state index is -0.189. The van der Waals surface area contributed by atoms with E-state index in [4.69, 9.17) is 4.74 Å². The van der Waals surface area contributed by atoms with Crippen LogP contribution in [0.4, 0.5) is 0 Å². The third kappa shape index (κ3) is 4.64. The molecule has 100 valence electrons. The zero-order valence-electron chi connectivity index (χ0n) is 11.4. The highest BCUT2D eigenvalue weighted by Gasteiger charge is 2.24. The number of hydrogen-bond donors (Lipinski definition) is 1. The lowest BCUT2D eigenvalue weighted by molar-refractivity contribution is -0.146. The summed E-state index contributed by atoms with van der Waals surface area (Å²) in [6.45, 7) is 7.54. The molecule has 0 spiro atoms. The molecule has 1 aliphatic rings. The predicted molar refractivity (Wildman–Crippen MR) is 68.9 cm³/mol. The van der Waals surface area contributed by atoms with E-state index in [1.165, 1.54) is 19.3 Å². The Balaban J connectivity index is 2.41. The maximum atomic E-state index is 11.7. The predicted octanol–water partition coefficient (Wildman–Crippen LogP) is 1.26. The van der Waals surface area contributed by atoms with Crippen molar-refractivity contribution >= 4 is 5.97 Å². The summed E-state index contributed by atoms with van der Waals surface area (Å²) >= 11 is 0. The number of carbonyl (C=O) groups is 1. The Labute approximate surface area is 105 Å². The molecule has 0 amide bonds. The molecule has 1 fully saturated rings. The van der Waals surface area contributed by atoms with Gasteiger partial charge in [-0.15, -0.1) is 0 Å². The molecule has 4 nitrogen and oxygen atoms in total. The highest BCUT2D eigenvalue weighted by atomic mass is 16.5. The molecule has 0 aromatic rings. The summed E-state index contributed by atoms with van der Waals surface area (Å²) in [6.07, 6.45) is 3.81. The Morgan fingerprint density at radius 3 is 2.88 bits per heavy atom. The van der Waals surface area contributed by atoms with Crippen LogP contribution >= 0.6 is 0 Å². The number of likely N-dealkylation sites (N-methyl/N-ethyl adjacent to an activating group) is 1. The zero-order valence-corrected chi connectivity index (χ0v) is 11.4. The van der Waals surface area contributed by atoms with E-state index in [0.29, 0.717) is 6.61 Å².